The Labute approximate surface area is 134 Å². The number of aromatic amines is 1. The van der Waals surface area contributed by atoms with Gasteiger partial charge in [0.2, 0.25) is 0 Å². The van der Waals surface area contributed by atoms with Gasteiger partial charge in [-0.25, -0.2) is 0 Å². The Morgan fingerprint density at radius 3 is 2.65 bits per heavy atom. The Morgan fingerprint density at radius 2 is 2.05 bits per heavy atom. The first-order chi connectivity index (χ1) is 9.72. The highest BCUT2D eigenvalue weighted by molar-refractivity contribution is 9.10. The molecule has 2 aromatic heterocycles. The number of halogens is 2. The van der Waals surface area contributed by atoms with Gasteiger partial charge in [-0.05, 0) is 45.8 Å². The number of thiophene rings is 1. The van der Waals surface area contributed by atoms with Crippen LogP contribution >= 0.6 is 38.9 Å². The molecule has 0 aliphatic carbocycles. The zero-order valence-corrected chi connectivity index (χ0v) is 13.5. The average Bonchev–Trinajstić information content (AvgIpc) is 3.08. The molecule has 20 heavy (non-hydrogen) atoms. The summed E-state index contributed by atoms with van der Waals surface area (Å²) in [6, 6.07) is 12.2. The third-order valence-electron chi connectivity index (χ3n) is 2.86. The third kappa shape index (κ3) is 3.06. The van der Waals surface area contributed by atoms with E-state index in [1.54, 1.807) is 17.5 Å². The second-order valence-corrected chi connectivity index (χ2v) is 6.83. The Morgan fingerprint density at radius 1 is 1.25 bits per heavy atom. The van der Waals surface area contributed by atoms with E-state index in [0.29, 0.717) is 0 Å². The summed E-state index contributed by atoms with van der Waals surface area (Å²) in [7, 11) is 0. The van der Waals surface area contributed by atoms with E-state index in [4.69, 9.17) is 11.6 Å². The zero-order valence-electron chi connectivity index (χ0n) is 10.4. The third-order valence-corrected chi connectivity index (χ3v) is 5.33. The number of hydrogen-bond donors (Lipinski definition) is 2. The molecule has 0 unspecified atom stereocenters. The standard InChI is InChI=1S/C14H11BrClN3S/c15-12-7-11(20-14(12)16)8-17-10-3-1-9(2-4-10)13-5-6-18-19-13/h1-7,17H,8H2,(H,18,19). The van der Waals surface area contributed by atoms with Crippen LogP contribution in [0.3, 0.4) is 0 Å². The molecule has 6 heteroatoms. The van der Waals surface area contributed by atoms with Gasteiger partial charge in [0.1, 0.15) is 4.34 Å². The van der Waals surface area contributed by atoms with Crippen LogP contribution in [0.5, 0.6) is 0 Å². The number of aromatic nitrogens is 2. The predicted molar refractivity (Wildman–Crippen MR) is 88.4 cm³/mol. The molecule has 0 spiro atoms. The number of H-pyrrole nitrogens is 1. The SMILES string of the molecule is Clc1sc(CNc2ccc(-c3ccn[nH]3)cc2)cc1Br. The molecule has 102 valence electrons. The van der Waals surface area contributed by atoms with Crippen LogP contribution in [0.25, 0.3) is 11.3 Å². The predicted octanol–water partition coefficient (Wildman–Crippen LogP) is 5.17. The van der Waals surface area contributed by atoms with E-state index in [2.05, 4.69) is 55.7 Å². The molecule has 0 amide bonds. The highest BCUT2D eigenvalue weighted by atomic mass is 79.9. The molecule has 0 aliphatic heterocycles. The van der Waals surface area contributed by atoms with Crippen LogP contribution in [-0.4, -0.2) is 10.2 Å². The van der Waals surface area contributed by atoms with E-state index in [0.717, 1.165) is 32.3 Å². The van der Waals surface area contributed by atoms with Gasteiger partial charge in [0.15, 0.2) is 0 Å². The van der Waals surface area contributed by atoms with Gasteiger partial charge in [-0.2, -0.15) is 5.10 Å². The zero-order chi connectivity index (χ0) is 13.9. The lowest BCUT2D eigenvalue weighted by atomic mass is 10.1. The van der Waals surface area contributed by atoms with Crippen LogP contribution in [0.1, 0.15) is 4.88 Å². The van der Waals surface area contributed by atoms with Crippen LogP contribution in [0.4, 0.5) is 5.69 Å². The molecule has 3 nitrogen and oxygen atoms in total. The normalized spacial score (nSPS) is 10.7. The summed E-state index contributed by atoms with van der Waals surface area (Å²) in [5, 5.41) is 10.3. The summed E-state index contributed by atoms with van der Waals surface area (Å²) < 4.78 is 1.74. The molecule has 0 aliphatic rings. The monoisotopic (exact) mass is 367 g/mol. The second kappa shape index (κ2) is 5.99. The van der Waals surface area contributed by atoms with E-state index < -0.39 is 0 Å². The molecule has 0 fully saturated rings. The Hall–Kier alpha value is -1.30. The van der Waals surface area contributed by atoms with Crippen LogP contribution in [0.15, 0.2) is 47.1 Å². The van der Waals surface area contributed by atoms with E-state index in [-0.39, 0.29) is 0 Å². The first kappa shape index (κ1) is 13.7. The molecule has 3 aromatic rings. The van der Waals surface area contributed by atoms with Crippen molar-refractivity contribution >= 4 is 44.6 Å². The molecule has 2 N–H and O–H groups in total. The van der Waals surface area contributed by atoms with Gasteiger partial charge in [-0.15, -0.1) is 11.3 Å². The van der Waals surface area contributed by atoms with Crippen molar-refractivity contribution in [3.8, 4) is 11.3 Å². The molecule has 3 rings (SSSR count). The largest absolute Gasteiger partial charge is 0.380 e. The van der Waals surface area contributed by atoms with Gasteiger partial charge in [0.05, 0.1) is 5.69 Å². The number of anilines is 1. The maximum absolute atomic E-state index is 6.02. The van der Waals surface area contributed by atoms with Gasteiger partial charge in [-0.3, -0.25) is 5.10 Å². The van der Waals surface area contributed by atoms with Crippen molar-refractivity contribution in [2.24, 2.45) is 0 Å². The van der Waals surface area contributed by atoms with Gasteiger partial charge < -0.3 is 5.32 Å². The molecular formula is C14H11BrClN3S. The molecule has 0 saturated heterocycles. The quantitative estimate of drug-likeness (QED) is 0.667. The van der Waals surface area contributed by atoms with E-state index in [9.17, 15) is 0 Å². The Balaban J connectivity index is 1.66. The van der Waals surface area contributed by atoms with Crippen molar-refractivity contribution in [1.29, 1.82) is 0 Å². The van der Waals surface area contributed by atoms with Crippen molar-refractivity contribution in [2.45, 2.75) is 6.54 Å². The molecule has 0 radical (unpaired) electrons. The summed E-state index contributed by atoms with van der Waals surface area (Å²) >= 11 is 11.0. The fourth-order valence-corrected chi connectivity index (χ4v) is 3.58. The van der Waals surface area contributed by atoms with Crippen LogP contribution in [-0.2, 0) is 6.54 Å². The van der Waals surface area contributed by atoms with Crippen LogP contribution in [0.2, 0.25) is 4.34 Å². The number of benzene rings is 1. The first-order valence-corrected chi connectivity index (χ1v) is 7.98. The highest BCUT2D eigenvalue weighted by Gasteiger charge is 2.04. The smallest absolute Gasteiger partial charge is 0.107 e. The minimum Gasteiger partial charge on any atom is -0.380 e. The Kier molecular flexibility index (Phi) is 4.10. The topological polar surface area (TPSA) is 40.7 Å². The lowest BCUT2D eigenvalue weighted by molar-refractivity contribution is 1.09. The fraction of sp³-hybridized carbons (Fsp3) is 0.0714. The van der Waals surface area contributed by atoms with Gasteiger partial charge in [-0.1, -0.05) is 23.7 Å². The molecular weight excluding hydrogens is 358 g/mol. The fourth-order valence-electron chi connectivity index (χ4n) is 1.85. The molecule has 1 aromatic carbocycles. The van der Waals surface area contributed by atoms with Crippen molar-refractivity contribution in [2.75, 3.05) is 5.32 Å². The first-order valence-electron chi connectivity index (χ1n) is 6.00. The van der Waals surface area contributed by atoms with Gasteiger partial charge in [0.25, 0.3) is 0 Å². The Bertz CT molecular complexity index is 672. The lowest BCUT2D eigenvalue weighted by Crippen LogP contribution is -1.96. The molecule has 0 saturated carbocycles. The van der Waals surface area contributed by atoms with Gasteiger partial charge >= 0.3 is 0 Å². The van der Waals surface area contributed by atoms with Crippen LogP contribution in [0, 0.1) is 0 Å². The summed E-state index contributed by atoms with van der Waals surface area (Å²) in [6.45, 7) is 0.763. The molecule has 2 heterocycles. The summed E-state index contributed by atoms with van der Waals surface area (Å²) in [5.41, 5.74) is 3.22. The van der Waals surface area contributed by atoms with E-state index in [1.807, 2.05) is 12.1 Å². The van der Waals surface area contributed by atoms with Crippen LogP contribution < -0.4 is 5.32 Å². The summed E-state index contributed by atoms with van der Waals surface area (Å²) in [6.07, 6.45) is 1.75. The number of rotatable bonds is 4. The number of hydrogen-bond acceptors (Lipinski definition) is 3. The lowest BCUT2D eigenvalue weighted by Gasteiger charge is -2.05. The second-order valence-electron chi connectivity index (χ2n) is 4.24. The van der Waals surface area contributed by atoms with Crippen molar-refractivity contribution in [3.05, 3.63) is 56.3 Å². The maximum atomic E-state index is 6.02. The number of nitrogens with zero attached hydrogens (tertiary/aromatic N) is 1. The maximum Gasteiger partial charge on any atom is 0.107 e. The van der Waals surface area contributed by atoms with Crippen molar-refractivity contribution in [1.82, 2.24) is 10.2 Å². The van der Waals surface area contributed by atoms with E-state index >= 15 is 0 Å². The van der Waals surface area contributed by atoms with Gasteiger partial charge in [0, 0.05) is 27.8 Å². The summed E-state index contributed by atoms with van der Waals surface area (Å²) in [5.74, 6) is 0. The van der Waals surface area contributed by atoms with E-state index in [1.165, 1.54) is 4.88 Å². The minimum atomic E-state index is 0.763. The molecule has 0 atom stereocenters. The van der Waals surface area contributed by atoms with Crippen molar-refractivity contribution < 1.29 is 0 Å². The van der Waals surface area contributed by atoms with Crippen molar-refractivity contribution in [3.63, 3.8) is 0 Å². The minimum absolute atomic E-state index is 0.763. The molecule has 0 bridgehead atoms. The highest BCUT2D eigenvalue weighted by Crippen LogP contribution is 2.32. The number of nitrogens with one attached hydrogen (secondary N) is 2. The summed E-state index contributed by atoms with van der Waals surface area (Å²) in [4.78, 5) is 1.19. The average molecular weight is 369 g/mol.